The van der Waals surface area contributed by atoms with E-state index in [0.717, 1.165) is 16.9 Å². The van der Waals surface area contributed by atoms with Gasteiger partial charge in [-0.2, -0.15) is 0 Å². The Balaban J connectivity index is 1.98. The van der Waals surface area contributed by atoms with Crippen LogP contribution in [-0.2, 0) is 11.3 Å². The van der Waals surface area contributed by atoms with Gasteiger partial charge in [0, 0.05) is 48.5 Å². The van der Waals surface area contributed by atoms with Crippen LogP contribution in [0.4, 0.5) is 11.4 Å². The quantitative estimate of drug-likeness (QED) is 0.469. The molecule has 3 rings (SSSR count). The molecule has 0 N–H and O–H groups in total. The highest BCUT2D eigenvalue weighted by molar-refractivity contribution is 6.30. The van der Waals surface area contributed by atoms with E-state index in [4.69, 9.17) is 25.8 Å². The zero-order valence-corrected chi connectivity index (χ0v) is 16.7. The van der Waals surface area contributed by atoms with Gasteiger partial charge >= 0.3 is 0 Å². The van der Waals surface area contributed by atoms with E-state index in [1.165, 1.54) is 0 Å². The largest absolute Gasteiger partial charge is 0.493 e. The van der Waals surface area contributed by atoms with E-state index in [0.29, 0.717) is 36.3 Å². The number of pyridine rings is 1. The van der Waals surface area contributed by atoms with E-state index >= 15 is 0 Å². The van der Waals surface area contributed by atoms with E-state index in [2.05, 4.69) is 9.88 Å². The summed E-state index contributed by atoms with van der Waals surface area (Å²) in [7, 11) is 3.27. The molecule has 0 bridgehead atoms. The molecular weight excluding hydrogens is 376 g/mol. The van der Waals surface area contributed by atoms with Gasteiger partial charge in [0.1, 0.15) is 6.61 Å². The molecule has 0 aliphatic rings. The second-order valence-corrected chi connectivity index (χ2v) is 6.54. The molecule has 0 unspecified atom stereocenters. The summed E-state index contributed by atoms with van der Waals surface area (Å²) >= 11 is 6.25. The molecule has 0 atom stereocenters. The summed E-state index contributed by atoms with van der Waals surface area (Å²) in [5.41, 5.74) is 3.02. The van der Waals surface area contributed by atoms with E-state index < -0.39 is 0 Å². The van der Waals surface area contributed by atoms with Crippen molar-refractivity contribution in [1.82, 2.24) is 4.98 Å². The summed E-state index contributed by atoms with van der Waals surface area (Å²) in [5, 5.41) is 0.679. The highest BCUT2D eigenvalue weighted by Gasteiger charge is 2.14. The van der Waals surface area contributed by atoms with Crippen LogP contribution in [0.5, 0.6) is 11.5 Å². The zero-order chi connectivity index (χ0) is 19.8. The Hall–Kier alpha value is -2.76. The number of rotatable bonds is 9. The molecule has 0 saturated heterocycles. The smallest absolute Gasteiger partial charge is 0.163 e. The standard InChI is InChI=1S/C22H23ClN2O3/c1-26-11-12-28-22-14-20(8-9-21(22)27-2)25(16-17-5-4-10-24-15-17)19-7-3-6-18(23)13-19/h3-10,13-15H,11-12,16H2,1-2H3. The summed E-state index contributed by atoms with van der Waals surface area (Å²) in [6.45, 7) is 1.58. The molecule has 3 aromatic rings. The third-order valence-corrected chi connectivity index (χ3v) is 4.42. The number of halogens is 1. The van der Waals surface area contributed by atoms with Gasteiger partial charge in [0.25, 0.3) is 0 Å². The van der Waals surface area contributed by atoms with Crippen molar-refractivity contribution in [3.63, 3.8) is 0 Å². The Morgan fingerprint density at radius 2 is 1.79 bits per heavy atom. The minimum absolute atomic E-state index is 0.441. The van der Waals surface area contributed by atoms with Crippen molar-refractivity contribution >= 4 is 23.0 Å². The van der Waals surface area contributed by atoms with Gasteiger partial charge < -0.3 is 19.1 Å². The van der Waals surface area contributed by atoms with Crippen molar-refractivity contribution in [3.05, 3.63) is 77.6 Å². The Bertz CT molecular complexity index is 890. The number of methoxy groups -OCH3 is 2. The molecule has 2 aromatic carbocycles. The van der Waals surface area contributed by atoms with Crippen LogP contribution < -0.4 is 14.4 Å². The Morgan fingerprint density at radius 3 is 2.50 bits per heavy atom. The van der Waals surface area contributed by atoms with Crippen LogP contribution in [0.3, 0.4) is 0 Å². The molecule has 0 fully saturated rings. The van der Waals surface area contributed by atoms with Crippen molar-refractivity contribution in [2.45, 2.75) is 6.54 Å². The normalized spacial score (nSPS) is 10.5. The maximum Gasteiger partial charge on any atom is 0.163 e. The lowest BCUT2D eigenvalue weighted by atomic mass is 10.2. The van der Waals surface area contributed by atoms with E-state index in [9.17, 15) is 0 Å². The number of anilines is 2. The van der Waals surface area contributed by atoms with E-state index in [1.54, 1.807) is 20.4 Å². The van der Waals surface area contributed by atoms with E-state index in [-0.39, 0.29) is 0 Å². The van der Waals surface area contributed by atoms with Gasteiger partial charge in [-0.25, -0.2) is 0 Å². The third-order valence-electron chi connectivity index (χ3n) is 4.19. The molecule has 0 spiro atoms. The Morgan fingerprint density at radius 1 is 0.929 bits per heavy atom. The summed E-state index contributed by atoms with van der Waals surface area (Å²) in [6.07, 6.45) is 3.62. The van der Waals surface area contributed by atoms with Crippen molar-refractivity contribution in [3.8, 4) is 11.5 Å². The summed E-state index contributed by atoms with van der Waals surface area (Å²) < 4.78 is 16.4. The van der Waals surface area contributed by atoms with Crippen molar-refractivity contribution in [2.24, 2.45) is 0 Å². The maximum atomic E-state index is 6.25. The number of ether oxygens (including phenoxy) is 3. The summed E-state index contributed by atoms with van der Waals surface area (Å²) in [6, 6.07) is 17.6. The van der Waals surface area contributed by atoms with Gasteiger partial charge in [-0.1, -0.05) is 23.7 Å². The van der Waals surface area contributed by atoms with Crippen molar-refractivity contribution < 1.29 is 14.2 Å². The van der Waals surface area contributed by atoms with E-state index in [1.807, 2.05) is 60.8 Å². The number of benzene rings is 2. The van der Waals surface area contributed by atoms with Crippen LogP contribution in [0.1, 0.15) is 5.56 Å². The van der Waals surface area contributed by atoms with Crippen LogP contribution in [0.25, 0.3) is 0 Å². The summed E-state index contributed by atoms with van der Waals surface area (Å²) in [4.78, 5) is 6.38. The lowest BCUT2D eigenvalue weighted by Gasteiger charge is -2.26. The molecule has 0 amide bonds. The lowest BCUT2D eigenvalue weighted by molar-refractivity contribution is 0.144. The zero-order valence-electron chi connectivity index (χ0n) is 16.0. The average Bonchev–Trinajstić information content (AvgIpc) is 2.73. The number of aromatic nitrogens is 1. The van der Waals surface area contributed by atoms with Crippen LogP contribution in [-0.4, -0.2) is 32.4 Å². The molecule has 5 nitrogen and oxygen atoms in total. The van der Waals surface area contributed by atoms with Crippen molar-refractivity contribution in [2.75, 3.05) is 32.3 Å². The molecule has 6 heteroatoms. The highest BCUT2D eigenvalue weighted by atomic mass is 35.5. The molecule has 1 heterocycles. The van der Waals surface area contributed by atoms with Crippen LogP contribution in [0.2, 0.25) is 5.02 Å². The predicted molar refractivity (Wildman–Crippen MR) is 112 cm³/mol. The molecular formula is C22H23ClN2O3. The fraction of sp³-hybridized carbons (Fsp3) is 0.227. The molecule has 0 saturated carbocycles. The number of nitrogens with zero attached hydrogens (tertiary/aromatic N) is 2. The first-order chi connectivity index (χ1) is 13.7. The molecule has 146 valence electrons. The fourth-order valence-electron chi connectivity index (χ4n) is 2.83. The molecule has 0 aliphatic heterocycles. The van der Waals surface area contributed by atoms with Crippen LogP contribution >= 0.6 is 11.6 Å². The monoisotopic (exact) mass is 398 g/mol. The first-order valence-corrected chi connectivity index (χ1v) is 9.31. The lowest BCUT2D eigenvalue weighted by Crippen LogP contribution is -2.17. The number of hydrogen-bond donors (Lipinski definition) is 0. The molecule has 0 aliphatic carbocycles. The third kappa shape index (κ3) is 5.15. The van der Waals surface area contributed by atoms with Gasteiger partial charge in [0.15, 0.2) is 11.5 Å². The second kappa shape index (κ2) is 9.97. The molecule has 1 aromatic heterocycles. The second-order valence-electron chi connectivity index (χ2n) is 6.10. The van der Waals surface area contributed by atoms with Gasteiger partial charge in [0.05, 0.1) is 13.7 Å². The summed E-state index contributed by atoms with van der Waals surface area (Å²) in [5.74, 6) is 1.34. The Kier molecular flexibility index (Phi) is 7.12. The van der Waals surface area contributed by atoms with Gasteiger partial charge in [-0.3, -0.25) is 4.98 Å². The van der Waals surface area contributed by atoms with Crippen molar-refractivity contribution in [1.29, 1.82) is 0 Å². The van der Waals surface area contributed by atoms with Crippen LogP contribution in [0, 0.1) is 0 Å². The fourth-order valence-corrected chi connectivity index (χ4v) is 3.02. The maximum absolute atomic E-state index is 6.25. The SMILES string of the molecule is COCCOc1cc(N(Cc2cccnc2)c2cccc(Cl)c2)ccc1OC. The van der Waals surface area contributed by atoms with Crippen LogP contribution in [0.15, 0.2) is 67.0 Å². The highest BCUT2D eigenvalue weighted by Crippen LogP contribution is 2.36. The number of hydrogen-bond acceptors (Lipinski definition) is 5. The first kappa shape index (κ1) is 20.0. The first-order valence-electron chi connectivity index (χ1n) is 8.93. The predicted octanol–water partition coefficient (Wildman–Crippen LogP) is 5.11. The topological polar surface area (TPSA) is 43.8 Å². The van der Waals surface area contributed by atoms with Gasteiger partial charge in [-0.15, -0.1) is 0 Å². The minimum atomic E-state index is 0.441. The molecule has 28 heavy (non-hydrogen) atoms. The van der Waals surface area contributed by atoms with Gasteiger partial charge in [0.2, 0.25) is 0 Å². The average molecular weight is 399 g/mol. The Labute approximate surface area is 170 Å². The minimum Gasteiger partial charge on any atom is -0.493 e. The van der Waals surface area contributed by atoms with Gasteiger partial charge in [-0.05, 0) is 42.0 Å². The molecule has 0 radical (unpaired) electrons.